The van der Waals surface area contributed by atoms with Gasteiger partial charge < -0.3 is 15.2 Å². The molecule has 0 bridgehead atoms. The largest absolute Gasteiger partial charge is 0.347 e. The Hall–Kier alpha value is -2.23. The van der Waals surface area contributed by atoms with Gasteiger partial charge in [-0.05, 0) is 25.1 Å². The topological polar surface area (TPSA) is 98.4 Å². The first-order valence-corrected chi connectivity index (χ1v) is 9.90. The highest BCUT2D eigenvalue weighted by molar-refractivity contribution is 7.89. The molecule has 1 aromatic heterocycles. The zero-order valence-electron chi connectivity index (χ0n) is 14.8. The van der Waals surface area contributed by atoms with Crippen LogP contribution >= 0.6 is 0 Å². The molecule has 1 aliphatic rings. The summed E-state index contributed by atoms with van der Waals surface area (Å²) in [5, 5.41) is 3.24. The first-order valence-electron chi connectivity index (χ1n) is 8.46. The summed E-state index contributed by atoms with van der Waals surface area (Å²) in [6.45, 7) is 4.18. The lowest BCUT2D eigenvalue weighted by Gasteiger charge is -2.34. The molecule has 0 radical (unpaired) electrons. The summed E-state index contributed by atoms with van der Waals surface area (Å²) in [4.78, 5) is 21.6. The Balaban J connectivity index is 1.82. The lowest BCUT2D eigenvalue weighted by molar-refractivity contribution is 0.0655. The highest BCUT2D eigenvalue weighted by Crippen LogP contribution is 2.19. The fraction of sp³-hybridized carbons (Fsp3) is 0.412. The molecule has 26 heavy (non-hydrogen) atoms. The summed E-state index contributed by atoms with van der Waals surface area (Å²) in [7, 11) is -2.23. The minimum absolute atomic E-state index is 0.0677. The van der Waals surface area contributed by atoms with E-state index < -0.39 is 10.0 Å². The molecule has 0 aliphatic carbocycles. The van der Waals surface area contributed by atoms with E-state index >= 15 is 0 Å². The van der Waals surface area contributed by atoms with Crippen LogP contribution in [0.4, 0.5) is 0 Å². The molecule has 9 heteroatoms. The van der Waals surface area contributed by atoms with Gasteiger partial charge in [-0.3, -0.25) is 4.79 Å². The number of amides is 1. The lowest BCUT2D eigenvalue weighted by Crippen LogP contribution is -2.52. The smallest absolute Gasteiger partial charge is 0.254 e. The first-order chi connectivity index (χ1) is 12.4. The third-order valence-corrected chi connectivity index (χ3v) is 6.28. The number of carbonyl (C=O) groups is 1. The Morgan fingerprint density at radius 2 is 2.23 bits per heavy atom. The Morgan fingerprint density at radius 1 is 1.42 bits per heavy atom. The van der Waals surface area contributed by atoms with Gasteiger partial charge in [-0.25, -0.2) is 13.4 Å². The quantitative estimate of drug-likeness (QED) is 0.798. The number of aromatic nitrogens is 2. The number of H-pyrrole nitrogens is 1. The first kappa shape index (κ1) is 18.6. The van der Waals surface area contributed by atoms with E-state index in [1.807, 2.05) is 6.92 Å². The zero-order valence-corrected chi connectivity index (χ0v) is 15.7. The van der Waals surface area contributed by atoms with Crippen molar-refractivity contribution in [2.45, 2.75) is 24.4 Å². The van der Waals surface area contributed by atoms with Gasteiger partial charge in [-0.15, -0.1) is 0 Å². The van der Waals surface area contributed by atoms with Crippen molar-refractivity contribution in [2.24, 2.45) is 0 Å². The van der Waals surface area contributed by atoms with Crippen LogP contribution in [0.25, 0.3) is 0 Å². The van der Waals surface area contributed by atoms with Crippen molar-refractivity contribution in [3.05, 3.63) is 48.0 Å². The number of imidazole rings is 1. The van der Waals surface area contributed by atoms with Crippen molar-refractivity contribution in [1.29, 1.82) is 0 Å². The molecule has 8 nitrogen and oxygen atoms in total. The molecule has 1 aliphatic heterocycles. The number of sulfonamides is 1. The van der Waals surface area contributed by atoms with Crippen molar-refractivity contribution in [3.63, 3.8) is 0 Å². The number of nitrogens with one attached hydrogen (secondary N) is 2. The summed E-state index contributed by atoms with van der Waals surface area (Å²) in [6, 6.07) is 6.28. The van der Waals surface area contributed by atoms with Gasteiger partial charge in [0.25, 0.3) is 5.91 Å². The van der Waals surface area contributed by atoms with Crippen molar-refractivity contribution in [1.82, 2.24) is 24.5 Å². The van der Waals surface area contributed by atoms with Crippen LogP contribution in [0.1, 0.15) is 23.1 Å². The van der Waals surface area contributed by atoms with Crippen molar-refractivity contribution < 1.29 is 13.2 Å². The lowest BCUT2D eigenvalue weighted by atomic mass is 10.1. The molecule has 3 rings (SSSR count). The van der Waals surface area contributed by atoms with Gasteiger partial charge in [0.2, 0.25) is 10.0 Å². The van der Waals surface area contributed by atoms with Gasteiger partial charge in [0.1, 0.15) is 5.82 Å². The van der Waals surface area contributed by atoms with E-state index in [9.17, 15) is 13.2 Å². The number of piperazine rings is 1. The molecule has 2 heterocycles. The van der Waals surface area contributed by atoms with Crippen LogP contribution in [0.3, 0.4) is 0 Å². The zero-order chi connectivity index (χ0) is 18.7. The van der Waals surface area contributed by atoms with Gasteiger partial charge in [-0.2, -0.15) is 4.31 Å². The number of nitrogens with zero attached hydrogens (tertiary/aromatic N) is 3. The van der Waals surface area contributed by atoms with Crippen LogP contribution in [0.2, 0.25) is 0 Å². The fourth-order valence-corrected chi connectivity index (χ4v) is 4.14. The van der Waals surface area contributed by atoms with Gasteiger partial charge in [0.05, 0.1) is 11.4 Å². The molecule has 1 saturated heterocycles. The average Bonchev–Trinajstić information content (AvgIpc) is 3.14. The highest BCUT2D eigenvalue weighted by Gasteiger charge is 2.26. The fourth-order valence-electron chi connectivity index (χ4n) is 2.96. The van der Waals surface area contributed by atoms with Crippen LogP contribution in [0.15, 0.2) is 41.6 Å². The van der Waals surface area contributed by atoms with E-state index in [0.717, 1.165) is 13.1 Å². The Bertz CT molecular complexity index is 866. The van der Waals surface area contributed by atoms with Crippen LogP contribution in [0, 0.1) is 0 Å². The molecule has 0 saturated carbocycles. The maximum absolute atomic E-state index is 12.8. The summed E-state index contributed by atoms with van der Waals surface area (Å²) >= 11 is 0. The van der Waals surface area contributed by atoms with Crippen LogP contribution in [0.5, 0.6) is 0 Å². The number of aromatic amines is 1. The molecule has 1 amide bonds. The minimum atomic E-state index is -3.73. The van der Waals surface area contributed by atoms with E-state index in [1.54, 1.807) is 29.4 Å². The highest BCUT2D eigenvalue weighted by atomic mass is 32.2. The van der Waals surface area contributed by atoms with Crippen molar-refractivity contribution in [3.8, 4) is 0 Å². The van der Waals surface area contributed by atoms with Crippen LogP contribution in [-0.2, 0) is 16.6 Å². The maximum Gasteiger partial charge on any atom is 0.254 e. The molecule has 2 aromatic rings. The van der Waals surface area contributed by atoms with Gasteiger partial charge in [0, 0.05) is 50.7 Å². The second-order valence-electron chi connectivity index (χ2n) is 6.38. The summed E-state index contributed by atoms with van der Waals surface area (Å²) in [5.41, 5.74) is 0.381. The van der Waals surface area contributed by atoms with E-state index in [4.69, 9.17) is 0 Å². The van der Waals surface area contributed by atoms with Gasteiger partial charge in [-0.1, -0.05) is 6.07 Å². The molecular formula is C17H23N5O3S. The summed E-state index contributed by atoms with van der Waals surface area (Å²) in [6.07, 6.45) is 3.22. The normalized spacial score (nSPS) is 18.3. The summed E-state index contributed by atoms with van der Waals surface area (Å²) < 4.78 is 26.9. The van der Waals surface area contributed by atoms with Gasteiger partial charge >= 0.3 is 0 Å². The monoisotopic (exact) mass is 377 g/mol. The Labute approximate surface area is 153 Å². The molecule has 0 spiro atoms. The predicted octanol–water partition coefficient (Wildman–Crippen LogP) is 0.664. The summed E-state index contributed by atoms with van der Waals surface area (Å²) in [5.74, 6) is 0.405. The Kier molecular flexibility index (Phi) is 5.40. The van der Waals surface area contributed by atoms with Gasteiger partial charge in [0.15, 0.2) is 0 Å². The van der Waals surface area contributed by atoms with E-state index in [-0.39, 0.29) is 23.4 Å². The van der Waals surface area contributed by atoms with Crippen LogP contribution in [-0.4, -0.2) is 66.2 Å². The maximum atomic E-state index is 12.8. The average molecular weight is 377 g/mol. The number of benzene rings is 1. The third-order valence-electron chi connectivity index (χ3n) is 4.48. The van der Waals surface area contributed by atoms with E-state index in [0.29, 0.717) is 17.9 Å². The molecule has 1 atom stereocenters. The minimum Gasteiger partial charge on any atom is -0.347 e. The van der Waals surface area contributed by atoms with E-state index in [2.05, 4.69) is 15.3 Å². The second-order valence-corrected chi connectivity index (χ2v) is 8.42. The number of hydrogen-bond acceptors (Lipinski definition) is 5. The van der Waals surface area contributed by atoms with Crippen molar-refractivity contribution >= 4 is 15.9 Å². The molecule has 1 fully saturated rings. The molecular weight excluding hydrogens is 354 g/mol. The third kappa shape index (κ3) is 3.79. The van der Waals surface area contributed by atoms with E-state index in [1.165, 1.54) is 23.5 Å². The molecule has 0 unspecified atom stereocenters. The predicted molar refractivity (Wildman–Crippen MR) is 97.1 cm³/mol. The number of hydrogen-bond donors (Lipinski definition) is 2. The molecule has 1 aromatic carbocycles. The molecule has 2 N–H and O–H groups in total. The van der Waals surface area contributed by atoms with Crippen molar-refractivity contribution in [2.75, 3.05) is 26.7 Å². The number of carbonyl (C=O) groups excluding carboxylic acids is 1. The SMILES string of the molecule is C[C@@H]1CNCCN1C(=O)c1cccc(S(=O)(=O)N(C)Cc2ncc[nH]2)c1. The Morgan fingerprint density at radius 3 is 2.92 bits per heavy atom. The number of rotatable bonds is 5. The van der Waals surface area contributed by atoms with Crippen LogP contribution < -0.4 is 5.32 Å². The second kappa shape index (κ2) is 7.56. The standard InChI is InChI=1S/C17H23N5O3S/c1-13-11-18-8-9-22(13)17(23)14-4-3-5-15(10-14)26(24,25)21(2)12-16-19-6-7-20-16/h3-7,10,13,18H,8-9,11-12H2,1-2H3,(H,19,20)/t13-/m1/s1. The molecule has 140 valence electrons.